The second-order valence-corrected chi connectivity index (χ2v) is 9.32. The topological polar surface area (TPSA) is 81.7 Å². The highest BCUT2D eigenvalue weighted by atomic mass is 32.2. The molecule has 2 atom stereocenters. The van der Waals surface area contributed by atoms with Gasteiger partial charge in [0.2, 0.25) is 16.8 Å². The number of fused-ring (bicyclic) bond motifs is 3. The van der Waals surface area contributed by atoms with Crippen molar-refractivity contribution in [1.29, 1.82) is 0 Å². The number of nitrogens with one attached hydrogen (secondary N) is 1. The summed E-state index contributed by atoms with van der Waals surface area (Å²) < 4.78 is 38.6. The van der Waals surface area contributed by atoms with E-state index < -0.39 is 15.4 Å². The van der Waals surface area contributed by atoms with Gasteiger partial charge >= 0.3 is 0 Å². The van der Waals surface area contributed by atoms with E-state index >= 15 is 0 Å². The van der Waals surface area contributed by atoms with Crippen LogP contribution in [0.1, 0.15) is 33.1 Å². The second kappa shape index (κ2) is 4.88. The van der Waals surface area contributed by atoms with Crippen molar-refractivity contribution in [3.05, 3.63) is 18.2 Å². The molecule has 0 unspecified atom stereocenters. The minimum atomic E-state index is -3.65. The van der Waals surface area contributed by atoms with Crippen molar-refractivity contribution >= 4 is 21.5 Å². The maximum absolute atomic E-state index is 12.7. The molecule has 1 aromatic rings. The van der Waals surface area contributed by atoms with Gasteiger partial charge < -0.3 is 9.47 Å². The van der Waals surface area contributed by atoms with Gasteiger partial charge in [-0.05, 0) is 36.3 Å². The van der Waals surface area contributed by atoms with Gasteiger partial charge in [0.05, 0.1) is 16.9 Å². The molecule has 0 radical (unpaired) electrons. The van der Waals surface area contributed by atoms with Crippen LogP contribution in [0.25, 0.3) is 0 Å². The quantitative estimate of drug-likeness (QED) is 0.901. The molecule has 2 saturated carbocycles. The van der Waals surface area contributed by atoms with E-state index in [1.807, 2.05) is 13.8 Å². The fraction of sp³-hybridized carbons (Fsp3) is 0.588. The minimum Gasteiger partial charge on any atom is -0.454 e. The number of ether oxygens (including phenoxy) is 2. The Morgan fingerprint density at radius 3 is 2.67 bits per heavy atom. The van der Waals surface area contributed by atoms with Gasteiger partial charge in [-0.15, -0.1) is 0 Å². The maximum atomic E-state index is 12.7. The third-order valence-corrected chi connectivity index (χ3v) is 7.64. The van der Waals surface area contributed by atoms with E-state index in [1.165, 1.54) is 0 Å². The van der Waals surface area contributed by atoms with E-state index in [2.05, 4.69) is 4.72 Å². The summed E-state index contributed by atoms with van der Waals surface area (Å²) in [7, 11) is -3.65. The Bertz CT molecular complexity index is 816. The van der Waals surface area contributed by atoms with Crippen LogP contribution in [-0.4, -0.2) is 26.7 Å². The van der Waals surface area contributed by atoms with Crippen LogP contribution in [0.15, 0.2) is 18.2 Å². The molecule has 0 amide bonds. The van der Waals surface area contributed by atoms with Gasteiger partial charge in [-0.2, -0.15) is 0 Å². The maximum Gasteiger partial charge on any atom is 0.233 e. The van der Waals surface area contributed by atoms with Gasteiger partial charge in [0.1, 0.15) is 5.78 Å². The van der Waals surface area contributed by atoms with E-state index in [9.17, 15) is 13.2 Å². The number of anilines is 1. The molecule has 2 fully saturated rings. The fourth-order valence-electron chi connectivity index (χ4n) is 4.61. The Morgan fingerprint density at radius 2 is 2.00 bits per heavy atom. The lowest BCUT2D eigenvalue weighted by Crippen LogP contribution is -2.43. The highest BCUT2D eigenvalue weighted by Crippen LogP contribution is 2.64. The van der Waals surface area contributed by atoms with E-state index in [-0.39, 0.29) is 23.7 Å². The molecule has 2 bridgehead atoms. The number of ketones is 1. The Labute approximate surface area is 141 Å². The summed E-state index contributed by atoms with van der Waals surface area (Å²) in [5.41, 5.74) is -0.610. The largest absolute Gasteiger partial charge is 0.454 e. The van der Waals surface area contributed by atoms with Gasteiger partial charge in [0, 0.05) is 12.5 Å². The first kappa shape index (κ1) is 15.7. The SMILES string of the molecule is CC1(C)[C@@H]2CC[C@]1(CS(=O)(=O)Nc1ccc3c(c1)OCO3)C(=O)C2. The summed E-state index contributed by atoms with van der Waals surface area (Å²) in [5, 5.41) is 0. The number of Topliss-reactive ketones (excluding diaryl/α,β-unsaturated/α-hetero) is 1. The molecular formula is C17H21NO5S. The second-order valence-electron chi connectivity index (χ2n) is 7.60. The van der Waals surface area contributed by atoms with Crippen molar-refractivity contribution < 1.29 is 22.7 Å². The molecule has 0 saturated heterocycles. The first-order chi connectivity index (χ1) is 11.2. The molecule has 130 valence electrons. The number of rotatable bonds is 4. The van der Waals surface area contributed by atoms with Crippen LogP contribution in [0.5, 0.6) is 11.5 Å². The summed E-state index contributed by atoms with van der Waals surface area (Å²) in [4.78, 5) is 12.5. The van der Waals surface area contributed by atoms with Crippen molar-refractivity contribution in [3.63, 3.8) is 0 Å². The Balaban J connectivity index is 1.59. The lowest BCUT2D eigenvalue weighted by atomic mass is 9.70. The third-order valence-electron chi connectivity index (χ3n) is 6.22. The van der Waals surface area contributed by atoms with E-state index in [1.54, 1.807) is 18.2 Å². The molecule has 6 nitrogen and oxygen atoms in total. The van der Waals surface area contributed by atoms with Gasteiger partial charge in [-0.25, -0.2) is 8.42 Å². The predicted molar refractivity (Wildman–Crippen MR) is 88.5 cm³/mol. The molecule has 4 rings (SSSR count). The number of sulfonamides is 1. The number of hydrogen-bond donors (Lipinski definition) is 1. The zero-order chi connectivity index (χ0) is 17.2. The van der Waals surface area contributed by atoms with Crippen LogP contribution in [0.2, 0.25) is 0 Å². The summed E-state index contributed by atoms with van der Waals surface area (Å²) in [5.74, 6) is 1.36. The summed E-state index contributed by atoms with van der Waals surface area (Å²) in [6, 6.07) is 4.92. The predicted octanol–water partition coefficient (Wildman–Crippen LogP) is 2.55. The first-order valence-electron chi connectivity index (χ1n) is 8.17. The molecule has 1 aromatic carbocycles. The lowest BCUT2D eigenvalue weighted by Gasteiger charge is -2.36. The van der Waals surface area contributed by atoms with Crippen LogP contribution in [0, 0.1) is 16.7 Å². The van der Waals surface area contributed by atoms with Gasteiger partial charge in [-0.1, -0.05) is 13.8 Å². The molecule has 7 heteroatoms. The van der Waals surface area contributed by atoms with Crippen molar-refractivity contribution in [2.24, 2.45) is 16.7 Å². The molecule has 1 heterocycles. The zero-order valence-corrected chi connectivity index (χ0v) is 14.6. The molecule has 1 aliphatic heterocycles. The molecular weight excluding hydrogens is 330 g/mol. The average molecular weight is 351 g/mol. The monoisotopic (exact) mass is 351 g/mol. The number of benzene rings is 1. The zero-order valence-electron chi connectivity index (χ0n) is 13.8. The van der Waals surface area contributed by atoms with Crippen LogP contribution in [0.3, 0.4) is 0 Å². The Kier molecular flexibility index (Phi) is 3.20. The molecule has 2 aliphatic carbocycles. The average Bonchev–Trinajstić information content (AvgIpc) is 3.08. The standard InChI is InChI=1S/C17H21NO5S/c1-16(2)11-5-6-17(16,15(19)7-11)9-24(20,21)18-12-3-4-13-14(8-12)23-10-22-13/h3-4,8,11,18H,5-7,9-10H2,1-2H3/t11-,17+/m1/s1. The highest BCUT2D eigenvalue weighted by Gasteiger charge is 2.65. The van der Waals surface area contributed by atoms with Gasteiger partial charge in [0.15, 0.2) is 11.5 Å². The van der Waals surface area contributed by atoms with Crippen molar-refractivity contribution in [3.8, 4) is 11.5 Å². The third kappa shape index (κ3) is 2.13. The summed E-state index contributed by atoms with van der Waals surface area (Å²) >= 11 is 0. The van der Waals surface area contributed by atoms with Crippen LogP contribution < -0.4 is 14.2 Å². The van der Waals surface area contributed by atoms with Gasteiger partial charge in [-0.3, -0.25) is 9.52 Å². The van der Waals surface area contributed by atoms with Crippen LogP contribution >= 0.6 is 0 Å². The van der Waals surface area contributed by atoms with Crippen molar-refractivity contribution in [2.45, 2.75) is 33.1 Å². The van der Waals surface area contributed by atoms with E-state index in [0.717, 1.165) is 6.42 Å². The van der Waals surface area contributed by atoms with E-state index in [4.69, 9.17) is 9.47 Å². The first-order valence-corrected chi connectivity index (χ1v) is 9.82. The van der Waals surface area contributed by atoms with Crippen molar-refractivity contribution in [1.82, 2.24) is 0 Å². The lowest BCUT2D eigenvalue weighted by molar-refractivity contribution is -0.128. The number of carbonyl (C=O) groups excluding carboxylic acids is 1. The highest BCUT2D eigenvalue weighted by molar-refractivity contribution is 7.92. The minimum absolute atomic E-state index is 0.0970. The smallest absolute Gasteiger partial charge is 0.233 e. The van der Waals surface area contributed by atoms with Crippen molar-refractivity contribution in [2.75, 3.05) is 17.3 Å². The molecule has 3 aliphatic rings. The number of hydrogen-bond acceptors (Lipinski definition) is 5. The Hall–Kier alpha value is -1.76. The molecule has 24 heavy (non-hydrogen) atoms. The molecule has 1 N–H and O–H groups in total. The van der Waals surface area contributed by atoms with Crippen LogP contribution in [0.4, 0.5) is 5.69 Å². The summed E-state index contributed by atoms with van der Waals surface area (Å²) in [6.45, 7) is 4.20. The fourth-order valence-corrected chi connectivity index (χ4v) is 6.49. The van der Waals surface area contributed by atoms with Crippen LogP contribution in [-0.2, 0) is 14.8 Å². The normalized spacial score (nSPS) is 29.9. The van der Waals surface area contributed by atoms with Gasteiger partial charge in [0.25, 0.3) is 0 Å². The van der Waals surface area contributed by atoms with E-state index in [0.29, 0.717) is 35.9 Å². The summed E-state index contributed by atoms with van der Waals surface area (Å²) in [6.07, 6.45) is 2.09. The molecule has 0 aromatic heterocycles. The number of carbonyl (C=O) groups is 1. The molecule has 0 spiro atoms. The Morgan fingerprint density at radius 1 is 1.25 bits per heavy atom.